The monoisotopic (exact) mass is 459 g/mol. The summed E-state index contributed by atoms with van der Waals surface area (Å²) in [7, 11) is 0. The molecule has 0 saturated heterocycles. The lowest BCUT2D eigenvalue weighted by Gasteiger charge is -2.26. The third-order valence-electron chi connectivity index (χ3n) is 4.89. The number of thiocarbonyl (C=S) groups is 1. The van der Waals surface area contributed by atoms with Gasteiger partial charge in [-0.3, -0.25) is 4.79 Å². The topological polar surface area (TPSA) is 86.8 Å². The molecule has 0 aliphatic carbocycles. The van der Waals surface area contributed by atoms with Crippen LogP contribution in [0.2, 0.25) is 5.02 Å². The molecular weight excluding hydrogens is 438 g/mol. The van der Waals surface area contributed by atoms with E-state index < -0.39 is 0 Å². The van der Waals surface area contributed by atoms with Crippen molar-refractivity contribution in [3.05, 3.63) is 63.4 Å². The first-order valence-electron chi connectivity index (χ1n) is 9.91. The number of hydrogen-bond donors (Lipinski definition) is 3. The summed E-state index contributed by atoms with van der Waals surface area (Å²) in [5.41, 5.74) is 1.78. The van der Waals surface area contributed by atoms with Gasteiger partial charge in [-0.05, 0) is 49.0 Å². The molecule has 31 heavy (non-hydrogen) atoms. The van der Waals surface area contributed by atoms with E-state index >= 15 is 0 Å². The van der Waals surface area contributed by atoms with Gasteiger partial charge in [-0.2, -0.15) is 0 Å². The molecule has 2 aromatic carbocycles. The molecule has 1 aliphatic heterocycles. The lowest BCUT2D eigenvalue weighted by Crippen LogP contribution is -2.37. The average Bonchev–Trinajstić information content (AvgIpc) is 2.75. The average molecular weight is 460 g/mol. The van der Waals surface area contributed by atoms with Gasteiger partial charge in [0.1, 0.15) is 13.2 Å². The van der Waals surface area contributed by atoms with Crippen LogP contribution in [0.15, 0.2) is 47.3 Å². The Hall–Kier alpha value is -2.81. The van der Waals surface area contributed by atoms with Gasteiger partial charge in [0.05, 0.1) is 12.1 Å². The highest BCUT2D eigenvalue weighted by molar-refractivity contribution is 7.80. The molecule has 0 atom stereocenters. The molecule has 0 fully saturated rings. The van der Waals surface area contributed by atoms with Crippen molar-refractivity contribution in [2.24, 2.45) is 0 Å². The van der Waals surface area contributed by atoms with E-state index in [9.17, 15) is 9.90 Å². The van der Waals surface area contributed by atoms with Crippen molar-refractivity contribution in [1.29, 1.82) is 0 Å². The highest BCUT2D eigenvalue weighted by atomic mass is 35.5. The number of aromatic nitrogens is 1. The van der Waals surface area contributed by atoms with Crippen molar-refractivity contribution in [3.8, 4) is 11.5 Å². The summed E-state index contributed by atoms with van der Waals surface area (Å²) in [6.07, 6.45) is 0.515. The third kappa shape index (κ3) is 5.10. The Kier molecular flexibility index (Phi) is 6.60. The van der Waals surface area contributed by atoms with Crippen LogP contribution in [0.1, 0.15) is 12.0 Å². The molecule has 0 unspecified atom stereocenters. The summed E-state index contributed by atoms with van der Waals surface area (Å²) < 4.78 is 11.2. The number of aliphatic hydroxyl groups is 1. The summed E-state index contributed by atoms with van der Waals surface area (Å²) in [5.74, 6) is 1.28. The number of nitrogens with one attached hydrogen (secondary N) is 2. The van der Waals surface area contributed by atoms with Crippen LogP contribution in [0.25, 0.3) is 10.9 Å². The summed E-state index contributed by atoms with van der Waals surface area (Å²) in [6.45, 7) is 1.77. The van der Waals surface area contributed by atoms with E-state index in [1.807, 2.05) is 29.2 Å². The predicted octanol–water partition coefficient (Wildman–Crippen LogP) is 3.53. The Morgan fingerprint density at radius 1 is 1.19 bits per heavy atom. The predicted molar refractivity (Wildman–Crippen MR) is 125 cm³/mol. The van der Waals surface area contributed by atoms with Crippen molar-refractivity contribution < 1.29 is 14.6 Å². The maximum atomic E-state index is 12.8. The first-order valence-corrected chi connectivity index (χ1v) is 10.7. The quantitative estimate of drug-likeness (QED) is 0.486. The van der Waals surface area contributed by atoms with E-state index in [2.05, 4.69) is 10.3 Å². The van der Waals surface area contributed by atoms with Crippen LogP contribution in [-0.2, 0) is 6.54 Å². The number of anilines is 1. The molecule has 7 nitrogen and oxygen atoms in total. The van der Waals surface area contributed by atoms with Gasteiger partial charge in [-0.1, -0.05) is 17.7 Å². The minimum absolute atomic E-state index is 0.0217. The number of H-pyrrole nitrogens is 1. The summed E-state index contributed by atoms with van der Waals surface area (Å²) >= 11 is 11.6. The number of benzene rings is 2. The van der Waals surface area contributed by atoms with E-state index in [4.69, 9.17) is 33.3 Å². The van der Waals surface area contributed by atoms with E-state index in [1.54, 1.807) is 18.2 Å². The minimum Gasteiger partial charge on any atom is -0.486 e. The molecule has 3 aromatic rings. The van der Waals surface area contributed by atoms with Crippen LogP contribution >= 0.6 is 23.8 Å². The van der Waals surface area contributed by atoms with Gasteiger partial charge in [0, 0.05) is 40.9 Å². The van der Waals surface area contributed by atoms with Crippen molar-refractivity contribution in [2.75, 3.05) is 31.7 Å². The molecule has 0 saturated carbocycles. The zero-order valence-electron chi connectivity index (χ0n) is 16.7. The lowest BCUT2D eigenvalue weighted by molar-refractivity contribution is 0.172. The zero-order valence-corrected chi connectivity index (χ0v) is 18.3. The highest BCUT2D eigenvalue weighted by Gasteiger charge is 2.16. The van der Waals surface area contributed by atoms with Crippen molar-refractivity contribution >= 4 is 45.5 Å². The molecule has 4 rings (SSSR count). The van der Waals surface area contributed by atoms with Gasteiger partial charge in [0.25, 0.3) is 5.56 Å². The van der Waals surface area contributed by atoms with Gasteiger partial charge in [0.15, 0.2) is 16.6 Å². The smallest absolute Gasteiger partial charge is 0.253 e. The standard InChI is InChI=1S/C22H22ClN3O4S/c23-16-3-1-4-17(11-16)24-22(31)26(5-2-6-27)13-15-9-14-10-19-20(30-8-7-29-19)12-18(14)25-21(15)28/h1,3-4,9-12,27H,2,5-8,13H2,(H,24,31)(H,25,28). The van der Waals surface area contributed by atoms with E-state index in [0.29, 0.717) is 58.9 Å². The van der Waals surface area contributed by atoms with Gasteiger partial charge in [0.2, 0.25) is 0 Å². The lowest BCUT2D eigenvalue weighted by atomic mass is 10.1. The molecule has 0 bridgehead atoms. The molecule has 0 spiro atoms. The molecule has 9 heteroatoms. The summed E-state index contributed by atoms with van der Waals surface area (Å²) in [5, 5.41) is 14.3. The number of halogens is 1. The highest BCUT2D eigenvalue weighted by Crippen LogP contribution is 2.33. The van der Waals surface area contributed by atoms with Crippen LogP contribution in [0, 0.1) is 0 Å². The minimum atomic E-state index is -0.205. The molecule has 1 aromatic heterocycles. The number of fused-ring (bicyclic) bond motifs is 2. The van der Waals surface area contributed by atoms with Crippen molar-refractivity contribution in [3.63, 3.8) is 0 Å². The number of pyridine rings is 1. The van der Waals surface area contributed by atoms with E-state index in [0.717, 1.165) is 11.1 Å². The Morgan fingerprint density at radius 2 is 1.97 bits per heavy atom. The molecule has 0 amide bonds. The SMILES string of the molecule is O=c1[nH]c2cc3c(cc2cc1CN(CCCO)C(=S)Nc1cccc(Cl)c1)OCCO3. The molecule has 162 valence electrons. The second-order valence-electron chi connectivity index (χ2n) is 7.15. The second kappa shape index (κ2) is 9.55. The molecule has 3 N–H and O–H groups in total. The molecule has 2 heterocycles. The number of aromatic amines is 1. The number of rotatable bonds is 6. The fraction of sp³-hybridized carbons (Fsp3) is 0.273. The Morgan fingerprint density at radius 3 is 2.71 bits per heavy atom. The summed E-state index contributed by atoms with van der Waals surface area (Å²) in [4.78, 5) is 17.5. The van der Waals surface area contributed by atoms with Crippen LogP contribution in [-0.4, -0.2) is 46.5 Å². The molecule has 1 aliphatic rings. The van der Waals surface area contributed by atoms with Crippen molar-refractivity contribution in [1.82, 2.24) is 9.88 Å². The number of nitrogens with zero attached hydrogens (tertiary/aromatic N) is 1. The Balaban J connectivity index is 1.60. The first kappa shape index (κ1) is 21.4. The Labute approximate surface area is 189 Å². The van der Waals surface area contributed by atoms with Gasteiger partial charge in [-0.15, -0.1) is 0 Å². The second-order valence-corrected chi connectivity index (χ2v) is 7.97. The van der Waals surface area contributed by atoms with Crippen LogP contribution < -0.4 is 20.3 Å². The van der Waals surface area contributed by atoms with Crippen LogP contribution in [0.4, 0.5) is 5.69 Å². The van der Waals surface area contributed by atoms with Crippen molar-refractivity contribution in [2.45, 2.75) is 13.0 Å². The van der Waals surface area contributed by atoms with Crippen LogP contribution in [0.3, 0.4) is 0 Å². The van der Waals surface area contributed by atoms with Crippen LogP contribution in [0.5, 0.6) is 11.5 Å². The van der Waals surface area contributed by atoms with Gasteiger partial charge in [-0.25, -0.2) is 0 Å². The van der Waals surface area contributed by atoms with E-state index in [-0.39, 0.29) is 18.7 Å². The van der Waals surface area contributed by atoms with Gasteiger partial charge >= 0.3 is 0 Å². The molecule has 0 radical (unpaired) electrons. The zero-order chi connectivity index (χ0) is 21.8. The van der Waals surface area contributed by atoms with Gasteiger partial charge < -0.3 is 29.8 Å². The first-order chi connectivity index (χ1) is 15.0. The number of hydrogen-bond acceptors (Lipinski definition) is 5. The maximum Gasteiger partial charge on any atom is 0.253 e. The fourth-order valence-corrected chi connectivity index (χ4v) is 3.86. The number of aliphatic hydroxyl groups excluding tert-OH is 1. The normalized spacial score (nSPS) is 12.6. The number of ether oxygens (including phenoxy) is 2. The van der Waals surface area contributed by atoms with E-state index in [1.165, 1.54) is 0 Å². The fourth-order valence-electron chi connectivity index (χ4n) is 3.39. The molecular formula is C22H22ClN3O4S. The largest absolute Gasteiger partial charge is 0.486 e. The maximum absolute atomic E-state index is 12.8. The third-order valence-corrected chi connectivity index (χ3v) is 5.49. The summed E-state index contributed by atoms with van der Waals surface area (Å²) in [6, 6.07) is 12.7. The Bertz CT molecular complexity index is 1170.